The molecule has 11 rings (SSSR count). The monoisotopic (exact) mass is 721 g/mol. The van der Waals surface area contributed by atoms with Crippen LogP contribution in [0.15, 0.2) is 138 Å². The van der Waals surface area contributed by atoms with Gasteiger partial charge in [0.1, 0.15) is 11.2 Å². The Kier molecular flexibility index (Phi) is 6.82. The number of hydrogen-bond donors (Lipinski definition) is 0. The first kappa shape index (κ1) is 33.0. The van der Waals surface area contributed by atoms with Crippen LogP contribution in [0.5, 0.6) is 0 Å². The van der Waals surface area contributed by atoms with Crippen molar-refractivity contribution in [3.05, 3.63) is 161 Å². The molecule has 0 radical (unpaired) electrons. The maximum absolute atomic E-state index is 6.97. The minimum Gasteiger partial charge on any atom is -0.456 e. The lowest BCUT2D eigenvalue weighted by Gasteiger charge is -2.22. The second kappa shape index (κ2) is 11.6. The van der Waals surface area contributed by atoms with Crippen LogP contribution in [0, 0.1) is 27.7 Å². The van der Waals surface area contributed by atoms with E-state index in [1.165, 1.54) is 110 Å². The number of aryl methyl sites for hydroxylation is 4. The predicted octanol–water partition coefficient (Wildman–Crippen LogP) is 15.4. The van der Waals surface area contributed by atoms with E-state index in [2.05, 4.69) is 186 Å². The summed E-state index contributed by atoms with van der Waals surface area (Å²) in [6.07, 6.45) is 0. The molecule has 11 aromatic rings. The molecule has 2 aromatic heterocycles. The van der Waals surface area contributed by atoms with Gasteiger partial charge in [-0.1, -0.05) is 106 Å². The molecule has 0 N–H and O–H groups in total. The Hall–Kier alpha value is -6.38. The lowest BCUT2D eigenvalue weighted by molar-refractivity contribution is 0.587. The summed E-state index contributed by atoms with van der Waals surface area (Å²) < 4.78 is 9.47. The van der Waals surface area contributed by atoms with Crippen LogP contribution >= 0.6 is 0 Å². The molecule has 0 saturated heterocycles. The van der Waals surface area contributed by atoms with Crippen LogP contribution in [0.1, 0.15) is 48.6 Å². The molecule has 0 bridgehead atoms. The van der Waals surface area contributed by atoms with Gasteiger partial charge in [0, 0.05) is 38.0 Å². The number of hydrogen-bond acceptors (Lipinski definition) is 1. The number of para-hydroxylation sites is 2. The van der Waals surface area contributed by atoms with Crippen molar-refractivity contribution < 1.29 is 4.42 Å². The number of fused-ring (bicyclic) bond motifs is 8. The fraction of sp³-hybridized carbons (Fsp3) is 0.148. The summed E-state index contributed by atoms with van der Waals surface area (Å²) in [7, 11) is 0. The van der Waals surface area contributed by atoms with Gasteiger partial charge in [0.25, 0.3) is 0 Å². The van der Waals surface area contributed by atoms with E-state index in [1.54, 1.807) is 0 Å². The number of rotatable bonds is 3. The van der Waals surface area contributed by atoms with Gasteiger partial charge >= 0.3 is 0 Å². The van der Waals surface area contributed by atoms with E-state index >= 15 is 0 Å². The van der Waals surface area contributed by atoms with Crippen LogP contribution in [-0.2, 0) is 5.41 Å². The van der Waals surface area contributed by atoms with E-state index in [0.29, 0.717) is 0 Å². The molecule has 0 aliphatic heterocycles. The van der Waals surface area contributed by atoms with Crippen molar-refractivity contribution in [2.75, 3.05) is 0 Å². The molecule has 2 heteroatoms. The Balaban J connectivity index is 1.47. The van der Waals surface area contributed by atoms with Gasteiger partial charge in [-0.25, -0.2) is 0 Å². The third-order valence-corrected chi connectivity index (χ3v) is 12.6. The van der Waals surface area contributed by atoms with Gasteiger partial charge in [-0.3, -0.25) is 0 Å². The van der Waals surface area contributed by atoms with Crippen molar-refractivity contribution >= 4 is 76.1 Å². The van der Waals surface area contributed by atoms with Crippen molar-refractivity contribution in [2.24, 2.45) is 0 Å². The fourth-order valence-electron chi connectivity index (χ4n) is 10.0. The second-order valence-electron chi connectivity index (χ2n) is 17.1. The summed E-state index contributed by atoms with van der Waals surface area (Å²) in [6.45, 7) is 15.8. The third kappa shape index (κ3) is 4.50. The van der Waals surface area contributed by atoms with Crippen LogP contribution in [0.4, 0.5) is 0 Å². The van der Waals surface area contributed by atoms with Gasteiger partial charge in [-0.05, 0) is 153 Å². The zero-order valence-electron chi connectivity index (χ0n) is 33.1. The Labute approximate surface area is 326 Å². The van der Waals surface area contributed by atoms with Gasteiger partial charge in [-0.15, -0.1) is 0 Å². The molecule has 56 heavy (non-hydrogen) atoms. The van der Waals surface area contributed by atoms with E-state index in [0.717, 1.165) is 22.2 Å². The Bertz CT molecular complexity index is 3380. The first-order valence-corrected chi connectivity index (χ1v) is 19.9. The highest BCUT2D eigenvalue weighted by Crippen LogP contribution is 2.52. The molecule has 270 valence electrons. The Morgan fingerprint density at radius 2 is 1.02 bits per heavy atom. The average Bonchev–Trinajstić information content (AvgIpc) is 3.72. The van der Waals surface area contributed by atoms with E-state index in [1.807, 2.05) is 0 Å². The Morgan fingerprint density at radius 1 is 0.429 bits per heavy atom. The minimum absolute atomic E-state index is 0.00476. The standard InChI is InChI=1S/C54H43NO/c1-30-15-13-16-31(2)48(30)38-27-43-50-37-24-23-34(54(5,6)7)25-46(37)56-47(50)29-41-39(49-32(3)17-14-18-33(49)4)28-44-52(51(41)43)40(38)26-42-36-21-11-12-22-45(36)55(53(42)44)35-19-9-8-10-20-35/h8-29H,1-7H3. The molecule has 2 heterocycles. The van der Waals surface area contributed by atoms with Crippen LogP contribution in [-0.4, -0.2) is 4.57 Å². The molecular formula is C54H43NO. The highest BCUT2D eigenvalue weighted by Gasteiger charge is 2.27. The normalized spacial score (nSPS) is 12.6. The summed E-state index contributed by atoms with van der Waals surface area (Å²) in [5, 5.41) is 12.5. The first-order chi connectivity index (χ1) is 27.1. The smallest absolute Gasteiger partial charge is 0.136 e. The largest absolute Gasteiger partial charge is 0.456 e. The fourth-order valence-corrected chi connectivity index (χ4v) is 10.0. The van der Waals surface area contributed by atoms with Crippen molar-refractivity contribution in [3.63, 3.8) is 0 Å². The van der Waals surface area contributed by atoms with Crippen LogP contribution in [0.3, 0.4) is 0 Å². The van der Waals surface area contributed by atoms with Gasteiger partial charge < -0.3 is 8.98 Å². The average molecular weight is 722 g/mol. The van der Waals surface area contributed by atoms with Crippen molar-refractivity contribution in [2.45, 2.75) is 53.9 Å². The summed E-state index contributed by atoms with van der Waals surface area (Å²) in [5.74, 6) is 0. The SMILES string of the molecule is Cc1cccc(C)c1-c1cc2c3c(cc4c5ccccc5n(-c5ccccc5)c42)c(-c2c(C)cccc2C)cc2c4c(cc1c23)oc1cc(C(C)(C)C)ccc14. The molecule has 0 aliphatic rings. The molecule has 2 nitrogen and oxygen atoms in total. The highest BCUT2D eigenvalue weighted by atomic mass is 16.3. The number of nitrogens with zero attached hydrogens (tertiary/aromatic N) is 1. The summed E-state index contributed by atoms with van der Waals surface area (Å²) in [4.78, 5) is 0. The summed E-state index contributed by atoms with van der Waals surface area (Å²) in [5.41, 5.74) is 17.0. The second-order valence-corrected chi connectivity index (χ2v) is 17.1. The molecule has 0 saturated carbocycles. The van der Waals surface area contributed by atoms with Gasteiger partial charge in [0.2, 0.25) is 0 Å². The molecule has 0 unspecified atom stereocenters. The first-order valence-electron chi connectivity index (χ1n) is 19.9. The molecule has 0 aliphatic carbocycles. The Morgan fingerprint density at radius 3 is 1.68 bits per heavy atom. The number of aromatic nitrogens is 1. The molecule has 9 aromatic carbocycles. The predicted molar refractivity (Wildman–Crippen MR) is 240 cm³/mol. The summed E-state index contributed by atoms with van der Waals surface area (Å²) in [6, 6.07) is 50.0. The third-order valence-electron chi connectivity index (χ3n) is 12.6. The topological polar surface area (TPSA) is 18.1 Å². The quantitative estimate of drug-likeness (QED) is 0.166. The van der Waals surface area contributed by atoms with Gasteiger partial charge in [-0.2, -0.15) is 0 Å². The minimum atomic E-state index is 0.00476. The van der Waals surface area contributed by atoms with Crippen molar-refractivity contribution in [1.29, 1.82) is 0 Å². The van der Waals surface area contributed by atoms with Gasteiger partial charge in [0.05, 0.1) is 11.0 Å². The number of benzene rings is 9. The van der Waals surface area contributed by atoms with Crippen LogP contribution < -0.4 is 0 Å². The van der Waals surface area contributed by atoms with Gasteiger partial charge in [0.15, 0.2) is 0 Å². The molecule has 0 spiro atoms. The van der Waals surface area contributed by atoms with Crippen LogP contribution in [0.2, 0.25) is 0 Å². The van der Waals surface area contributed by atoms with E-state index in [4.69, 9.17) is 4.42 Å². The maximum Gasteiger partial charge on any atom is 0.136 e. The van der Waals surface area contributed by atoms with Crippen molar-refractivity contribution in [1.82, 2.24) is 4.57 Å². The molecule has 0 amide bonds. The molecule has 0 atom stereocenters. The highest BCUT2D eigenvalue weighted by molar-refractivity contribution is 6.40. The lowest BCUT2D eigenvalue weighted by atomic mass is 9.81. The van der Waals surface area contributed by atoms with Crippen molar-refractivity contribution in [3.8, 4) is 27.9 Å². The zero-order chi connectivity index (χ0) is 38.2. The molecular weight excluding hydrogens is 679 g/mol. The van der Waals surface area contributed by atoms with E-state index in [9.17, 15) is 0 Å². The summed E-state index contributed by atoms with van der Waals surface area (Å²) >= 11 is 0. The van der Waals surface area contributed by atoms with E-state index in [-0.39, 0.29) is 5.41 Å². The lowest BCUT2D eigenvalue weighted by Crippen LogP contribution is -2.10. The number of furan rings is 1. The maximum atomic E-state index is 6.97. The zero-order valence-corrected chi connectivity index (χ0v) is 33.1. The molecule has 0 fully saturated rings. The van der Waals surface area contributed by atoms with Crippen LogP contribution in [0.25, 0.3) is 104 Å². The van der Waals surface area contributed by atoms with E-state index < -0.39 is 0 Å².